The van der Waals surface area contributed by atoms with Gasteiger partial charge in [-0.1, -0.05) is 32.0 Å². The number of halogens is 1. The maximum Gasteiger partial charge on any atom is 0.191 e. The van der Waals surface area contributed by atoms with Crippen molar-refractivity contribution in [2.45, 2.75) is 46.2 Å². The molecule has 1 heterocycles. The highest BCUT2D eigenvalue weighted by molar-refractivity contribution is 14.0. The van der Waals surface area contributed by atoms with Crippen molar-refractivity contribution < 1.29 is 4.74 Å². The molecule has 0 aliphatic carbocycles. The summed E-state index contributed by atoms with van der Waals surface area (Å²) in [7, 11) is 0. The van der Waals surface area contributed by atoms with Gasteiger partial charge >= 0.3 is 0 Å². The molecular weight excluding hydrogens is 455 g/mol. The summed E-state index contributed by atoms with van der Waals surface area (Å²) in [6.07, 6.45) is 3.67. The van der Waals surface area contributed by atoms with Crippen LogP contribution in [0.1, 0.15) is 33.0 Å². The van der Waals surface area contributed by atoms with Crippen molar-refractivity contribution in [1.82, 2.24) is 25.4 Å². The minimum Gasteiger partial charge on any atom is -0.492 e. The van der Waals surface area contributed by atoms with Gasteiger partial charge in [0, 0.05) is 19.0 Å². The van der Waals surface area contributed by atoms with Crippen molar-refractivity contribution in [2.75, 3.05) is 19.7 Å². The quantitative estimate of drug-likeness (QED) is 0.234. The van der Waals surface area contributed by atoms with Gasteiger partial charge in [-0.3, -0.25) is 4.99 Å². The number of para-hydroxylation sites is 1. The number of aromatic nitrogens is 3. The number of ether oxygens (including phenoxy) is 1. The number of hydrogen-bond acceptors (Lipinski definition) is 4. The first kappa shape index (κ1) is 23.2. The van der Waals surface area contributed by atoms with Crippen molar-refractivity contribution in [3.63, 3.8) is 0 Å². The third kappa shape index (κ3) is 8.59. The Morgan fingerprint density at radius 2 is 2.04 bits per heavy atom. The van der Waals surface area contributed by atoms with Gasteiger partial charge in [0.1, 0.15) is 24.5 Å². The molecule has 2 N–H and O–H groups in total. The zero-order chi connectivity index (χ0) is 18.6. The van der Waals surface area contributed by atoms with Gasteiger partial charge in [0.25, 0.3) is 0 Å². The number of benzene rings is 1. The lowest BCUT2D eigenvalue weighted by molar-refractivity contribution is 0.321. The number of hydrogen-bond donors (Lipinski definition) is 2. The predicted octanol–water partition coefficient (Wildman–Crippen LogP) is 2.87. The monoisotopic (exact) mass is 486 g/mol. The Labute approximate surface area is 179 Å². The van der Waals surface area contributed by atoms with Crippen molar-refractivity contribution >= 4 is 29.9 Å². The van der Waals surface area contributed by atoms with E-state index in [1.165, 1.54) is 0 Å². The van der Waals surface area contributed by atoms with E-state index in [-0.39, 0.29) is 24.0 Å². The molecule has 0 aliphatic heterocycles. The normalized spacial score (nSPS) is 12.2. The molecule has 0 saturated carbocycles. The molecule has 27 heavy (non-hydrogen) atoms. The molecule has 2 rings (SSSR count). The highest BCUT2D eigenvalue weighted by Gasteiger charge is 2.05. The molecule has 0 radical (unpaired) electrons. The fourth-order valence-electron chi connectivity index (χ4n) is 2.35. The molecule has 8 heteroatoms. The molecule has 7 nitrogen and oxygen atoms in total. The Bertz CT molecular complexity index is 661. The molecule has 1 atom stereocenters. The highest BCUT2D eigenvalue weighted by atomic mass is 127. The van der Waals surface area contributed by atoms with E-state index in [1.54, 1.807) is 6.33 Å². The standard InChI is InChI=1S/C19H30N6O.HI/c1-4-16(3)23-19(20-11-13-25-15-22-24-18(25)5-2)21-12-14-26-17-9-7-6-8-10-17;/h6-10,15-16H,4-5,11-14H2,1-3H3,(H2,20,21,23);1H. The van der Waals surface area contributed by atoms with Gasteiger partial charge in [-0.2, -0.15) is 0 Å². The van der Waals surface area contributed by atoms with Crippen LogP contribution < -0.4 is 15.4 Å². The molecule has 0 spiro atoms. The molecule has 1 aromatic carbocycles. The third-order valence-corrected chi connectivity index (χ3v) is 4.02. The number of guanidine groups is 1. The highest BCUT2D eigenvalue weighted by Crippen LogP contribution is 2.07. The van der Waals surface area contributed by atoms with Crippen LogP contribution in [-0.2, 0) is 13.0 Å². The lowest BCUT2D eigenvalue weighted by atomic mass is 10.3. The van der Waals surface area contributed by atoms with Crippen molar-refractivity contribution in [1.29, 1.82) is 0 Å². The zero-order valence-corrected chi connectivity index (χ0v) is 18.7. The summed E-state index contributed by atoms with van der Waals surface area (Å²) in [6, 6.07) is 10.2. The van der Waals surface area contributed by atoms with Crippen molar-refractivity contribution in [2.24, 2.45) is 4.99 Å². The van der Waals surface area contributed by atoms with Crippen LogP contribution in [0.2, 0.25) is 0 Å². The first-order valence-electron chi connectivity index (χ1n) is 9.32. The van der Waals surface area contributed by atoms with Crippen molar-refractivity contribution in [3.05, 3.63) is 42.5 Å². The van der Waals surface area contributed by atoms with E-state index < -0.39 is 0 Å². The van der Waals surface area contributed by atoms with E-state index in [4.69, 9.17) is 4.74 Å². The van der Waals surface area contributed by atoms with Crippen LogP contribution in [0.15, 0.2) is 41.7 Å². The van der Waals surface area contributed by atoms with Gasteiger partial charge in [-0.25, -0.2) is 0 Å². The predicted molar refractivity (Wildman–Crippen MR) is 120 cm³/mol. The second-order valence-corrected chi connectivity index (χ2v) is 6.07. The lowest BCUT2D eigenvalue weighted by Gasteiger charge is -2.17. The van der Waals surface area contributed by atoms with Crippen molar-refractivity contribution in [3.8, 4) is 5.75 Å². The first-order valence-corrected chi connectivity index (χ1v) is 9.32. The fourth-order valence-corrected chi connectivity index (χ4v) is 2.35. The summed E-state index contributed by atoms with van der Waals surface area (Å²) in [5.74, 6) is 2.67. The van der Waals surface area contributed by atoms with Gasteiger partial charge < -0.3 is 19.9 Å². The van der Waals surface area contributed by atoms with Crippen LogP contribution in [0.25, 0.3) is 0 Å². The van der Waals surface area contributed by atoms with E-state index in [2.05, 4.69) is 46.6 Å². The second-order valence-electron chi connectivity index (χ2n) is 6.07. The molecule has 0 aliphatic rings. The fraction of sp³-hybridized carbons (Fsp3) is 0.526. The number of nitrogens with one attached hydrogen (secondary N) is 2. The molecule has 0 bridgehead atoms. The average Bonchev–Trinajstić information content (AvgIpc) is 3.13. The summed E-state index contributed by atoms with van der Waals surface area (Å²) in [6.45, 7) is 9.07. The van der Waals surface area contributed by atoms with Crippen LogP contribution in [0.5, 0.6) is 5.75 Å². The van der Waals surface area contributed by atoms with Crippen LogP contribution >= 0.6 is 24.0 Å². The van der Waals surface area contributed by atoms with Gasteiger partial charge in [-0.05, 0) is 25.5 Å². The Balaban J connectivity index is 0.00000364. The molecule has 0 fully saturated rings. The number of nitrogens with zero attached hydrogens (tertiary/aromatic N) is 4. The SMILES string of the molecule is CCc1nncn1CCN=C(NCCOc1ccccc1)NC(C)CC.I. The van der Waals surface area contributed by atoms with E-state index >= 15 is 0 Å². The molecule has 1 aromatic heterocycles. The molecule has 1 unspecified atom stereocenters. The van der Waals surface area contributed by atoms with Crippen LogP contribution in [0.4, 0.5) is 0 Å². The Morgan fingerprint density at radius 3 is 2.74 bits per heavy atom. The number of aryl methyl sites for hydroxylation is 1. The molecule has 2 aromatic rings. The van der Waals surface area contributed by atoms with E-state index in [9.17, 15) is 0 Å². The first-order chi connectivity index (χ1) is 12.7. The second kappa shape index (κ2) is 13.3. The van der Waals surface area contributed by atoms with Gasteiger partial charge in [-0.15, -0.1) is 34.2 Å². The van der Waals surface area contributed by atoms with E-state index in [0.29, 0.717) is 25.7 Å². The topological polar surface area (TPSA) is 76.4 Å². The maximum atomic E-state index is 5.72. The van der Waals surface area contributed by atoms with E-state index in [1.807, 2.05) is 34.9 Å². The Kier molecular flexibility index (Phi) is 11.5. The van der Waals surface area contributed by atoms with Gasteiger partial charge in [0.2, 0.25) is 0 Å². The summed E-state index contributed by atoms with van der Waals surface area (Å²) < 4.78 is 7.76. The molecule has 0 saturated heterocycles. The molecule has 0 amide bonds. The minimum absolute atomic E-state index is 0. The van der Waals surface area contributed by atoms with Crippen LogP contribution in [-0.4, -0.2) is 46.5 Å². The minimum atomic E-state index is 0. The summed E-state index contributed by atoms with van der Waals surface area (Å²) >= 11 is 0. The van der Waals surface area contributed by atoms with Crippen LogP contribution in [0.3, 0.4) is 0 Å². The molecular formula is C19H31IN6O. The molecule has 150 valence electrons. The summed E-state index contributed by atoms with van der Waals surface area (Å²) in [4.78, 5) is 4.67. The lowest BCUT2D eigenvalue weighted by Crippen LogP contribution is -2.43. The smallest absolute Gasteiger partial charge is 0.191 e. The summed E-state index contributed by atoms with van der Waals surface area (Å²) in [5.41, 5.74) is 0. The maximum absolute atomic E-state index is 5.72. The third-order valence-electron chi connectivity index (χ3n) is 4.02. The zero-order valence-electron chi connectivity index (χ0n) is 16.4. The van der Waals surface area contributed by atoms with Crippen LogP contribution in [0, 0.1) is 0 Å². The van der Waals surface area contributed by atoms with Gasteiger partial charge in [0.05, 0.1) is 13.1 Å². The largest absolute Gasteiger partial charge is 0.492 e. The van der Waals surface area contributed by atoms with E-state index in [0.717, 1.165) is 36.9 Å². The Morgan fingerprint density at radius 1 is 1.26 bits per heavy atom. The average molecular weight is 486 g/mol. The number of aliphatic imine (C=N–C) groups is 1. The number of rotatable bonds is 10. The van der Waals surface area contributed by atoms with Gasteiger partial charge in [0.15, 0.2) is 5.96 Å². The Hall–Kier alpha value is -1.84. The summed E-state index contributed by atoms with van der Waals surface area (Å²) in [5, 5.41) is 14.8.